The van der Waals surface area contributed by atoms with Crippen molar-refractivity contribution in [2.75, 3.05) is 18.9 Å². The van der Waals surface area contributed by atoms with E-state index in [9.17, 15) is 32.7 Å². The van der Waals surface area contributed by atoms with E-state index in [1.54, 1.807) is 48.7 Å². The van der Waals surface area contributed by atoms with E-state index in [4.69, 9.17) is 49.9 Å². The van der Waals surface area contributed by atoms with E-state index < -0.39 is 68.6 Å². The number of hydrogen-bond acceptors (Lipinski definition) is 13. The number of phosphoric acid groups is 1. The van der Waals surface area contributed by atoms with Gasteiger partial charge in [-0.2, -0.15) is 28.8 Å². The number of rotatable bonds is 29. The van der Waals surface area contributed by atoms with Crippen LogP contribution >= 0.6 is 19.4 Å². The highest BCUT2D eigenvalue weighted by Crippen LogP contribution is 2.55. The first-order chi connectivity index (χ1) is 33.0. The van der Waals surface area contributed by atoms with Crippen molar-refractivity contribution in [1.82, 2.24) is 14.6 Å². The number of benzene rings is 2. The minimum atomic E-state index is -4.69. The van der Waals surface area contributed by atoms with Crippen LogP contribution in [-0.2, 0) is 39.2 Å². The van der Waals surface area contributed by atoms with Crippen LogP contribution < -0.4 is 10.3 Å². The molecule has 2 fully saturated rings. The molecule has 2 saturated heterocycles. The van der Waals surface area contributed by atoms with Gasteiger partial charge in [0.1, 0.15) is 54.4 Å². The molecule has 0 saturated carbocycles. The number of ether oxygens (including phenoxy) is 4. The molecule has 4 aromatic rings. The van der Waals surface area contributed by atoms with Crippen molar-refractivity contribution in [2.45, 2.75) is 172 Å². The van der Waals surface area contributed by atoms with Gasteiger partial charge in [0.05, 0.1) is 41.7 Å². The van der Waals surface area contributed by atoms with Gasteiger partial charge in [0.25, 0.3) is 0 Å². The second-order valence-electron chi connectivity index (χ2n) is 18.1. The number of fused-ring (bicyclic) bond motifs is 2. The molecule has 0 radical (unpaired) electrons. The molecular formula is C49H62ClF4N6O8P. The first-order valence-corrected chi connectivity index (χ1v) is 25.6. The Bertz CT molecular complexity index is 2420. The average molecular weight is 1010 g/mol. The molecule has 2 aliphatic heterocycles. The van der Waals surface area contributed by atoms with Gasteiger partial charge in [-0.3, -0.25) is 9.05 Å². The Labute approximate surface area is 406 Å². The second kappa shape index (κ2) is 25.2. The van der Waals surface area contributed by atoms with Crippen molar-refractivity contribution in [2.24, 2.45) is 0 Å². The zero-order chi connectivity index (χ0) is 49.5. The van der Waals surface area contributed by atoms with E-state index in [0.717, 1.165) is 89.5 Å². The summed E-state index contributed by atoms with van der Waals surface area (Å²) in [5.41, 5.74) is 5.77. The summed E-state index contributed by atoms with van der Waals surface area (Å²) in [4.78, 5) is 4.06. The van der Waals surface area contributed by atoms with Gasteiger partial charge >= 0.3 is 14.0 Å². The molecule has 6 atom stereocenters. The first kappa shape index (κ1) is 54.0. The van der Waals surface area contributed by atoms with Crippen LogP contribution in [0.5, 0.6) is 5.75 Å². The molecule has 20 heteroatoms. The number of anilines is 1. The van der Waals surface area contributed by atoms with Crippen molar-refractivity contribution in [3.05, 3.63) is 88.6 Å². The molecule has 2 aliphatic rings. The quantitative estimate of drug-likeness (QED) is 0.0308. The number of nitriles is 2. The van der Waals surface area contributed by atoms with Crippen LogP contribution in [0.2, 0.25) is 5.02 Å². The molecule has 14 nitrogen and oxygen atoms in total. The largest absolute Gasteiger partial charge is 0.530 e. The molecule has 2 aromatic heterocycles. The van der Waals surface area contributed by atoms with Gasteiger partial charge in [-0.1, -0.05) is 114 Å². The Balaban J connectivity index is 1.06. The zero-order valence-corrected chi connectivity index (χ0v) is 40.8. The number of nitrogens with two attached hydrogens (primary N) is 1. The third kappa shape index (κ3) is 15.8. The maximum absolute atomic E-state index is 14.9. The first-order valence-electron chi connectivity index (χ1n) is 23.8. The van der Waals surface area contributed by atoms with E-state index in [0.29, 0.717) is 29.6 Å². The lowest BCUT2D eigenvalue weighted by molar-refractivity contribution is -0.204. The smallest absolute Gasteiger partial charge is 0.402 e. The molecule has 0 aliphatic carbocycles. The third-order valence-corrected chi connectivity index (χ3v) is 13.8. The summed E-state index contributed by atoms with van der Waals surface area (Å²) in [6.07, 6.45) is 7.64. The van der Waals surface area contributed by atoms with Gasteiger partial charge < -0.3 is 29.2 Å². The maximum atomic E-state index is 14.9. The van der Waals surface area contributed by atoms with E-state index in [-0.39, 0.29) is 41.8 Å². The van der Waals surface area contributed by atoms with Crippen molar-refractivity contribution >= 4 is 30.8 Å². The molecule has 0 bridgehead atoms. The van der Waals surface area contributed by atoms with Gasteiger partial charge in [0.2, 0.25) is 5.60 Å². The van der Waals surface area contributed by atoms with Crippen molar-refractivity contribution in [3.63, 3.8) is 0 Å². The molecule has 0 amide bonds. The van der Waals surface area contributed by atoms with Crippen LogP contribution in [0, 0.1) is 28.5 Å². The summed E-state index contributed by atoms with van der Waals surface area (Å²) in [5.74, 6) is -1.51. The van der Waals surface area contributed by atoms with Gasteiger partial charge in [-0.25, -0.2) is 18.5 Å². The summed E-state index contributed by atoms with van der Waals surface area (Å²) < 4.78 is 111. The number of halogens is 5. The van der Waals surface area contributed by atoms with E-state index in [2.05, 4.69) is 16.2 Å². The molecule has 69 heavy (non-hydrogen) atoms. The van der Waals surface area contributed by atoms with E-state index in [1.807, 2.05) is 6.07 Å². The van der Waals surface area contributed by atoms with E-state index >= 15 is 0 Å². The molecule has 2 N–H and O–H groups in total. The lowest BCUT2D eigenvalue weighted by atomic mass is 9.96. The summed E-state index contributed by atoms with van der Waals surface area (Å²) in [6.45, 7) is 2.36. The Morgan fingerprint density at radius 3 is 2.17 bits per heavy atom. The number of hydrogen-bond donors (Lipinski definition) is 1. The zero-order valence-electron chi connectivity index (χ0n) is 39.1. The highest BCUT2D eigenvalue weighted by atomic mass is 35.5. The highest BCUT2D eigenvalue weighted by Gasteiger charge is 2.65. The Morgan fingerprint density at radius 1 is 0.884 bits per heavy atom. The Morgan fingerprint density at radius 2 is 1.54 bits per heavy atom. The van der Waals surface area contributed by atoms with Crippen LogP contribution in [0.3, 0.4) is 0 Å². The number of unbranched alkanes of at least 4 members (excludes halogenated alkanes) is 14. The lowest BCUT2D eigenvalue weighted by Crippen LogP contribution is -2.46. The number of nitrogen functional groups attached to an aromatic ring is 1. The normalized spacial score (nSPS) is 21.1. The Kier molecular flexibility index (Phi) is 19.7. The number of aromatic nitrogens is 3. The molecule has 1 unspecified atom stereocenters. The lowest BCUT2D eigenvalue weighted by Gasteiger charge is -2.30. The van der Waals surface area contributed by atoms with E-state index in [1.165, 1.54) is 24.5 Å². The average Bonchev–Trinajstić information content (AvgIpc) is 3.97. The maximum Gasteiger partial charge on any atom is 0.530 e. The molecule has 376 valence electrons. The van der Waals surface area contributed by atoms with Crippen molar-refractivity contribution in [3.8, 4) is 17.9 Å². The fourth-order valence-corrected chi connectivity index (χ4v) is 10.2. The van der Waals surface area contributed by atoms with Crippen LogP contribution in [0.25, 0.3) is 5.52 Å². The monoisotopic (exact) mass is 1000 g/mol. The van der Waals surface area contributed by atoms with Gasteiger partial charge in [0, 0.05) is 6.42 Å². The number of nitrogens with zero attached hydrogens (tertiary/aromatic N) is 5. The standard InChI is InChI=1S/C49H62ClF4N6O8P/c1-47(2)65-44-43(40-23-24-41-46(57)58-34-59-60(40)41)66-48(32-56,45(44)67-47)33-64-69(61,68-42-22-18-17-21-39(42)50)63-31-38(62-30-36-26-35(29-55)27-37(51)28-36)20-16-14-12-10-8-6-4-3-5-7-9-11-13-15-19-25-49(52,53)54/h17-18,21-24,26-28,34,38,43-45H,3-16,19-20,25,30-31,33H2,1-2H3,(H2,57,58,59)/t38-,43-,44-,45-,48+,69?/m0/s1. The number of alkyl halides is 3. The van der Waals surface area contributed by atoms with Gasteiger partial charge in [0.15, 0.2) is 11.6 Å². The topological polar surface area (TPSA) is 185 Å². The summed E-state index contributed by atoms with van der Waals surface area (Å²) >= 11 is 6.47. The van der Waals surface area contributed by atoms with Gasteiger partial charge in [-0.05, 0) is 74.7 Å². The second-order valence-corrected chi connectivity index (χ2v) is 20.1. The molecule has 4 heterocycles. The van der Waals surface area contributed by atoms with Crippen LogP contribution in [0.1, 0.15) is 146 Å². The molecule has 0 spiro atoms. The van der Waals surface area contributed by atoms with Crippen LogP contribution in [0.15, 0.2) is 60.9 Å². The predicted octanol–water partition coefficient (Wildman–Crippen LogP) is 12.8. The molecule has 2 aromatic carbocycles. The van der Waals surface area contributed by atoms with Gasteiger partial charge in [-0.15, -0.1) is 0 Å². The summed E-state index contributed by atoms with van der Waals surface area (Å²) in [5, 5.41) is 24.7. The van der Waals surface area contributed by atoms with Crippen LogP contribution in [-0.4, -0.2) is 63.7 Å². The fraction of sp³-hybridized carbons (Fsp3) is 0.592. The summed E-state index contributed by atoms with van der Waals surface area (Å²) in [6, 6.07) is 17.9. The molecule has 6 rings (SSSR count). The third-order valence-electron chi connectivity index (χ3n) is 12.2. The Hall–Kier alpha value is -4.36. The van der Waals surface area contributed by atoms with Crippen LogP contribution in [0.4, 0.5) is 23.4 Å². The number of phosphoric ester groups is 1. The minimum absolute atomic E-state index is 0.00671. The SMILES string of the molecule is CC1(C)O[C@H]2[C@H](c3ccc4c(N)ncnn34)O[C@](C#N)(COP(=O)(OC[C@H](CCCCCCCCCCCCCCCCCC(F)(F)F)OCc3cc(F)cc(C#N)c3)Oc3ccccc3Cl)[C@H]2O1. The highest BCUT2D eigenvalue weighted by molar-refractivity contribution is 7.49. The van der Waals surface area contributed by atoms with Crippen molar-refractivity contribution in [1.29, 1.82) is 10.5 Å². The fourth-order valence-electron chi connectivity index (χ4n) is 8.69. The predicted molar refractivity (Wildman–Crippen MR) is 249 cm³/mol. The minimum Gasteiger partial charge on any atom is -0.402 e. The number of para-hydroxylation sites is 1. The molecular weight excluding hydrogens is 943 g/mol. The van der Waals surface area contributed by atoms with Crippen molar-refractivity contribution < 1.29 is 54.6 Å². The summed E-state index contributed by atoms with van der Waals surface area (Å²) in [7, 11) is -4.69.